The van der Waals surface area contributed by atoms with Crippen LogP contribution in [-0.4, -0.2) is 37.4 Å². The first-order valence-electron chi connectivity index (χ1n) is 13.6. The van der Waals surface area contributed by atoms with E-state index in [1.54, 1.807) is 0 Å². The Balaban J connectivity index is 1.80. The molecule has 0 aliphatic rings. The van der Waals surface area contributed by atoms with Gasteiger partial charge in [-0.05, 0) is 37.5 Å². The molecule has 0 aliphatic carbocycles. The van der Waals surface area contributed by atoms with E-state index in [9.17, 15) is 4.79 Å². The predicted octanol–water partition coefficient (Wildman–Crippen LogP) is 7.55. The van der Waals surface area contributed by atoms with Crippen molar-refractivity contribution < 1.29 is 18.8 Å². The largest absolute Gasteiger partial charge is 0.455 e. The lowest BCUT2D eigenvalue weighted by Gasteiger charge is -2.32. The van der Waals surface area contributed by atoms with Crippen molar-refractivity contribution in [1.29, 1.82) is 0 Å². The second-order valence-corrected chi connectivity index (χ2v) is 10.6. The summed E-state index contributed by atoms with van der Waals surface area (Å²) in [6.45, 7) is 7.77. The summed E-state index contributed by atoms with van der Waals surface area (Å²) in [5, 5.41) is 0. The van der Waals surface area contributed by atoms with Gasteiger partial charge in [-0.2, -0.15) is 0 Å². The second kappa shape index (κ2) is 15.6. The van der Waals surface area contributed by atoms with Gasteiger partial charge >= 0.3 is 5.97 Å². The number of carbonyl (C=O) groups is 1. The number of benzene rings is 2. The number of esters is 1. The molecule has 0 fully saturated rings. The van der Waals surface area contributed by atoms with Crippen LogP contribution in [0.2, 0.25) is 0 Å². The quantitative estimate of drug-likeness (QED) is 0.101. The second-order valence-electron chi connectivity index (χ2n) is 10.6. The molecule has 0 saturated heterocycles. The maximum absolute atomic E-state index is 12.9. The van der Waals surface area contributed by atoms with Crippen LogP contribution in [0.15, 0.2) is 54.6 Å². The van der Waals surface area contributed by atoms with Crippen LogP contribution in [0.5, 0.6) is 5.75 Å². The van der Waals surface area contributed by atoms with Crippen LogP contribution in [0.1, 0.15) is 83.3 Å². The van der Waals surface area contributed by atoms with Gasteiger partial charge in [-0.25, -0.2) is 0 Å². The predicted molar refractivity (Wildman–Crippen MR) is 145 cm³/mol. The average Bonchev–Trinajstić information content (AvgIpc) is 2.83. The molecule has 0 N–H and O–H groups in total. The van der Waals surface area contributed by atoms with Crippen molar-refractivity contribution in [3.63, 3.8) is 0 Å². The summed E-state index contributed by atoms with van der Waals surface area (Å²) in [4.78, 5) is 12.9. The molecule has 2 unspecified atom stereocenters. The van der Waals surface area contributed by atoms with E-state index >= 15 is 0 Å². The molecular weight excluding hydrogens is 434 g/mol. The topological polar surface area (TPSA) is 35.5 Å². The van der Waals surface area contributed by atoms with Crippen LogP contribution in [0, 0.1) is 5.92 Å². The van der Waals surface area contributed by atoms with E-state index in [-0.39, 0.29) is 11.9 Å². The van der Waals surface area contributed by atoms with Crippen molar-refractivity contribution in [2.75, 3.05) is 20.6 Å². The highest BCUT2D eigenvalue weighted by molar-refractivity contribution is 5.72. The van der Waals surface area contributed by atoms with E-state index < -0.39 is 6.29 Å². The van der Waals surface area contributed by atoms with Crippen LogP contribution in [0.25, 0.3) is 0 Å². The molecule has 0 bridgehead atoms. The summed E-state index contributed by atoms with van der Waals surface area (Å²) >= 11 is 0. The molecule has 35 heavy (non-hydrogen) atoms. The van der Waals surface area contributed by atoms with E-state index in [0.717, 1.165) is 23.2 Å². The summed E-state index contributed by atoms with van der Waals surface area (Å²) in [6, 6.07) is 18.6. The zero-order valence-electron chi connectivity index (χ0n) is 22.8. The maximum atomic E-state index is 12.9. The first-order chi connectivity index (χ1) is 16.8. The van der Waals surface area contributed by atoms with E-state index in [1.165, 1.54) is 56.1 Å². The molecule has 0 aliphatic heterocycles. The molecule has 194 valence electrons. The van der Waals surface area contributed by atoms with Crippen LogP contribution < -0.4 is 4.74 Å². The lowest BCUT2D eigenvalue weighted by atomic mass is 10.0. The lowest BCUT2D eigenvalue weighted by molar-refractivity contribution is -0.905. The fraction of sp³-hybridized carbons (Fsp3) is 0.581. The third-order valence-corrected chi connectivity index (χ3v) is 6.44. The summed E-state index contributed by atoms with van der Waals surface area (Å²) in [7, 11) is 4.31. The Morgan fingerprint density at radius 2 is 1.51 bits per heavy atom. The molecule has 2 aromatic rings. The Bertz CT molecular complexity index is 849. The smallest absolute Gasteiger partial charge is 0.317 e. The molecule has 0 radical (unpaired) electrons. The molecule has 0 saturated carbocycles. The maximum Gasteiger partial charge on any atom is 0.317 e. The molecule has 0 spiro atoms. The molecule has 4 nitrogen and oxygen atoms in total. The number of hydrogen-bond donors (Lipinski definition) is 0. The van der Waals surface area contributed by atoms with E-state index in [4.69, 9.17) is 9.47 Å². The number of nitrogens with zero attached hydrogens (tertiary/aromatic N) is 1. The molecule has 2 atom stereocenters. The molecular formula is C31H48NO3+. The SMILES string of the molecule is CCCCCCCCCc1cccc(OC(CC)OC(=O)C(C)C[N+](C)(C)Cc2ccccc2)c1. The molecule has 4 heteroatoms. The number of hydrogen-bond acceptors (Lipinski definition) is 3. The zero-order valence-corrected chi connectivity index (χ0v) is 22.8. The molecule has 0 heterocycles. The van der Waals surface area contributed by atoms with Gasteiger partial charge in [-0.1, -0.05) is 94.8 Å². The first-order valence-corrected chi connectivity index (χ1v) is 13.6. The van der Waals surface area contributed by atoms with Crippen LogP contribution in [0.3, 0.4) is 0 Å². The number of unbranched alkanes of at least 4 members (excludes halogenated alkanes) is 6. The number of ether oxygens (including phenoxy) is 2. The molecule has 0 aromatic heterocycles. The fourth-order valence-electron chi connectivity index (χ4n) is 4.61. The van der Waals surface area contributed by atoms with Crippen LogP contribution >= 0.6 is 0 Å². The number of quaternary nitrogens is 1. The number of rotatable bonds is 17. The Kier molecular flexibility index (Phi) is 12.9. The van der Waals surface area contributed by atoms with Gasteiger partial charge in [-0.15, -0.1) is 0 Å². The zero-order chi connectivity index (χ0) is 25.5. The highest BCUT2D eigenvalue weighted by atomic mass is 16.7. The van der Waals surface area contributed by atoms with Gasteiger partial charge in [0.1, 0.15) is 18.2 Å². The Morgan fingerprint density at radius 1 is 0.857 bits per heavy atom. The van der Waals surface area contributed by atoms with Gasteiger partial charge in [0.25, 0.3) is 0 Å². The Morgan fingerprint density at radius 3 is 2.20 bits per heavy atom. The summed E-state index contributed by atoms with van der Waals surface area (Å²) in [5.74, 6) is 0.364. The molecule has 2 aromatic carbocycles. The van der Waals surface area contributed by atoms with Crippen molar-refractivity contribution in [3.05, 3.63) is 65.7 Å². The van der Waals surface area contributed by atoms with Crippen molar-refractivity contribution in [2.24, 2.45) is 5.92 Å². The molecule has 2 rings (SSSR count). The average molecular weight is 483 g/mol. The minimum atomic E-state index is -0.566. The van der Waals surface area contributed by atoms with Crippen LogP contribution in [-0.2, 0) is 22.5 Å². The van der Waals surface area contributed by atoms with Gasteiger partial charge in [0.15, 0.2) is 0 Å². The van der Waals surface area contributed by atoms with E-state index in [1.807, 2.05) is 32.0 Å². The highest BCUT2D eigenvalue weighted by Crippen LogP contribution is 2.20. The van der Waals surface area contributed by atoms with E-state index in [2.05, 4.69) is 57.4 Å². The van der Waals surface area contributed by atoms with Crippen LogP contribution in [0.4, 0.5) is 0 Å². The number of aryl methyl sites for hydroxylation is 1. The fourth-order valence-corrected chi connectivity index (χ4v) is 4.61. The minimum Gasteiger partial charge on any atom is -0.455 e. The Labute approximate surface area is 214 Å². The summed E-state index contributed by atoms with van der Waals surface area (Å²) in [5.41, 5.74) is 2.55. The van der Waals surface area contributed by atoms with Crippen molar-refractivity contribution in [1.82, 2.24) is 0 Å². The van der Waals surface area contributed by atoms with Gasteiger partial charge in [0.2, 0.25) is 6.29 Å². The molecule has 0 amide bonds. The third kappa shape index (κ3) is 11.8. The standard InChI is InChI=1S/C31H48NO3/c1-6-8-9-10-11-12-14-18-27-21-17-22-29(23-27)34-30(7-2)35-31(33)26(3)24-32(4,5)25-28-19-15-13-16-20-28/h13,15-17,19-23,26,30H,6-12,14,18,24-25H2,1-5H3/q+1. The highest BCUT2D eigenvalue weighted by Gasteiger charge is 2.27. The van der Waals surface area contributed by atoms with Crippen molar-refractivity contribution in [2.45, 2.75) is 91.4 Å². The minimum absolute atomic E-state index is 0.199. The summed E-state index contributed by atoms with van der Waals surface area (Å²) in [6.07, 6.45) is 10.3. The van der Waals surface area contributed by atoms with Gasteiger partial charge in [0, 0.05) is 12.0 Å². The Hall–Kier alpha value is -2.33. The third-order valence-electron chi connectivity index (χ3n) is 6.44. The van der Waals surface area contributed by atoms with Gasteiger partial charge in [-0.3, -0.25) is 4.79 Å². The van der Waals surface area contributed by atoms with Crippen molar-refractivity contribution in [3.8, 4) is 5.75 Å². The van der Waals surface area contributed by atoms with Gasteiger partial charge < -0.3 is 14.0 Å². The monoisotopic (exact) mass is 482 g/mol. The first kappa shape index (κ1) is 28.9. The lowest BCUT2D eigenvalue weighted by Crippen LogP contribution is -2.44. The summed E-state index contributed by atoms with van der Waals surface area (Å²) < 4.78 is 12.6. The number of carbonyl (C=O) groups excluding carboxylic acids is 1. The van der Waals surface area contributed by atoms with Gasteiger partial charge in [0.05, 0.1) is 20.6 Å². The van der Waals surface area contributed by atoms with Crippen molar-refractivity contribution >= 4 is 5.97 Å². The normalized spacial score (nSPS) is 13.3. The van der Waals surface area contributed by atoms with E-state index in [0.29, 0.717) is 13.0 Å².